The summed E-state index contributed by atoms with van der Waals surface area (Å²) in [6, 6.07) is 19.5. The van der Waals surface area contributed by atoms with Crippen LogP contribution in [0.5, 0.6) is 5.75 Å². The Morgan fingerprint density at radius 2 is 1.57 bits per heavy atom. The topological polar surface area (TPSA) is 138 Å². The number of hydrogen-bond acceptors (Lipinski definition) is 7. The summed E-state index contributed by atoms with van der Waals surface area (Å²) in [6.45, 7) is 3.53. The van der Waals surface area contributed by atoms with Gasteiger partial charge in [-0.1, -0.05) is 54.1 Å². The molecule has 3 fully saturated rings. The number of aryl methyl sites for hydroxylation is 1. The molecule has 1 saturated carbocycles. The zero-order valence-electron chi connectivity index (χ0n) is 24.0. The molecule has 0 radical (unpaired) electrons. The van der Waals surface area contributed by atoms with Crippen LogP contribution in [0.3, 0.4) is 0 Å². The molecule has 7 rings (SSSR count). The molecule has 0 spiro atoms. The average Bonchev–Trinajstić information content (AvgIpc) is 3.38. The predicted octanol–water partition coefficient (Wildman–Crippen LogP) is 5.04. The maximum atomic E-state index is 14.4. The van der Waals surface area contributed by atoms with Gasteiger partial charge in [-0.2, -0.15) is 0 Å². The third-order valence-corrected chi connectivity index (χ3v) is 10.2. The van der Waals surface area contributed by atoms with Gasteiger partial charge in [0.2, 0.25) is 23.6 Å². The van der Waals surface area contributed by atoms with Crippen molar-refractivity contribution in [2.45, 2.75) is 32.6 Å². The summed E-state index contributed by atoms with van der Waals surface area (Å²) in [7, 11) is 0. The van der Waals surface area contributed by atoms with E-state index in [-0.39, 0.29) is 41.8 Å². The molecule has 3 aromatic rings. The van der Waals surface area contributed by atoms with E-state index in [2.05, 4.69) is 0 Å². The molecule has 0 unspecified atom stereocenters. The number of non-ortho nitro benzene ring substituents is 1. The van der Waals surface area contributed by atoms with Gasteiger partial charge in [0, 0.05) is 23.6 Å². The number of para-hydroxylation sites is 2. The molecule has 10 nitrogen and oxygen atoms in total. The molecule has 1 N–H and O–H groups in total. The number of phenols is 1. The quantitative estimate of drug-likeness (QED) is 0.194. The number of anilines is 2. The van der Waals surface area contributed by atoms with Gasteiger partial charge < -0.3 is 5.11 Å². The molecule has 0 bridgehead atoms. The van der Waals surface area contributed by atoms with Crippen LogP contribution in [0.15, 0.2) is 84.4 Å². The highest BCUT2D eigenvalue weighted by Crippen LogP contribution is 2.64. The number of phenolic OH excluding ortho intramolecular Hbond substituents is 1. The summed E-state index contributed by atoms with van der Waals surface area (Å²) in [5, 5.41) is 22.8. The number of carbonyl (C=O) groups excluding carboxylic acids is 4. The number of benzene rings is 3. The summed E-state index contributed by atoms with van der Waals surface area (Å²) in [5.41, 5.74) is 0.930. The van der Waals surface area contributed by atoms with E-state index in [1.807, 2.05) is 6.08 Å². The van der Waals surface area contributed by atoms with Gasteiger partial charge in [0.05, 0.1) is 39.5 Å². The summed E-state index contributed by atoms with van der Waals surface area (Å²) in [6.07, 6.45) is 2.30. The van der Waals surface area contributed by atoms with Crippen molar-refractivity contribution < 1.29 is 29.2 Å². The van der Waals surface area contributed by atoms with Crippen LogP contribution in [0.1, 0.15) is 36.8 Å². The maximum Gasteiger partial charge on any atom is 0.271 e. The van der Waals surface area contributed by atoms with Crippen LogP contribution in [0, 0.1) is 46.1 Å². The fourth-order valence-corrected chi connectivity index (χ4v) is 8.10. The van der Waals surface area contributed by atoms with Gasteiger partial charge >= 0.3 is 0 Å². The Balaban J connectivity index is 1.37. The van der Waals surface area contributed by atoms with E-state index >= 15 is 0 Å². The molecular formula is C34H29N3O7. The maximum absolute atomic E-state index is 14.4. The number of fused-ring (bicyclic) bond motifs is 4. The molecular weight excluding hydrogens is 562 g/mol. The van der Waals surface area contributed by atoms with Gasteiger partial charge in [0.15, 0.2) is 0 Å². The minimum atomic E-state index is -1.27. The number of allylic oxidation sites excluding steroid dienone is 2. The molecule has 10 heteroatoms. The SMILES string of the molecule is Cc1cccc([C@H]2C3=CC[C@@H]4C(=O)N(c5cccc([N+](=O)[O-])c5)C(=O)[C@@H]4[C@@H]3C[C@H]3C(=O)N(c4ccccc4)C(=O)[C@@]23C)c1O. The van der Waals surface area contributed by atoms with Crippen molar-refractivity contribution in [2.24, 2.45) is 29.1 Å². The summed E-state index contributed by atoms with van der Waals surface area (Å²) in [5.74, 6) is -5.33. The standard InChI is InChI=1S/C34H29N3O7/c1-18-8-6-13-24(29(18)38)28-22-14-15-23-27(32(41)35(30(23)39)20-11-7-12-21(16-20)37(43)44)25(22)17-26-31(40)36(33(42)34(26,28)2)19-9-4-3-5-10-19/h3-14,16,23,25-28,38H,15,17H2,1-2H3/t23-,25+,26-,27-,28+,34+/m0/s1. The lowest BCUT2D eigenvalue weighted by Gasteiger charge is -2.49. The van der Waals surface area contributed by atoms with Crippen LogP contribution >= 0.6 is 0 Å². The Morgan fingerprint density at radius 1 is 0.864 bits per heavy atom. The van der Waals surface area contributed by atoms with Gasteiger partial charge in [0.1, 0.15) is 5.75 Å². The van der Waals surface area contributed by atoms with Crippen molar-refractivity contribution in [1.82, 2.24) is 0 Å². The zero-order valence-corrected chi connectivity index (χ0v) is 24.0. The molecule has 4 aliphatic rings. The Bertz CT molecular complexity index is 1820. The summed E-state index contributed by atoms with van der Waals surface area (Å²) < 4.78 is 0. The van der Waals surface area contributed by atoms with Crippen molar-refractivity contribution in [1.29, 1.82) is 0 Å². The number of imide groups is 2. The highest BCUT2D eigenvalue weighted by molar-refractivity contribution is 6.25. The number of nitrogens with zero attached hydrogens (tertiary/aromatic N) is 3. The van der Waals surface area contributed by atoms with Crippen molar-refractivity contribution >= 4 is 40.7 Å². The van der Waals surface area contributed by atoms with Crippen LogP contribution in [-0.2, 0) is 19.2 Å². The zero-order chi connectivity index (χ0) is 31.1. The lowest BCUT2D eigenvalue weighted by molar-refractivity contribution is -0.384. The molecule has 44 heavy (non-hydrogen) atoms. The van der Waals surface area contributed by atoms with Crippen LogP contribution < -0.4 is 9.80 Å². The van der Waals surface area contributed by atoms with Crippen LogP contribution in [-0.4, -0.2) is 33.7 Å². The van der Waals surface area contributed by atoms with Gasteiger partial charge in [-0.3, -0.25) is 29.3 Å². The number of hydrogen-bond donors (Lipinski definition) is 1. The molecule has 222 valence electrons. The third kappa shape index (κ3) is 3.66. The van der Waals surface area contributed by atoms with E-state index in [0.717, 1.165) is 10.5 Å². The molecule has 2 aliphatic heterocycles. The van der Waals surface area contributed by atoms with Crippen LogP contribution in [0.25, 0.3) is 0 Å². The molecule has 3 aromatic carbocycles. The molecule has 4 amide bonds. The number of nitro groups is 1. The van der Waals surface area contributed by atoms with Gasteiger partial charge in [-0.15, -0.1) is 0 Å². The Kier molecular flexibility index (Phi) is 6.11. The minimum absolute atomic E-state index is 0.0200. The van der Waals surface area contributed by atoms with Gasteiger partial charge in [-0.05, 0) is 56.4 Å². The smallest absolute Gasteiger partial charge is 0.271 e. The Hall–Kier alpha value is -5.12. The second kappa shape index (κ2) is 9.70. The lowest BCUT2D eigenvalue weighted by Crippen LogP contribution is -2.49. The second-order valence-corrected chi connectivity index (χ2v) is 12.3. The molecule has 2 saturated heterocycles. The first kappa shape index (κ1) is 27.7. The molecule has 6 atom stereocenters. The van der Waals surface area contributed by atoms with Gasteiger partial charge in [0.25, 0.3) is 5.69 Å². The molecule has 0 aromatic heterocycles. The fraction of sp³-hybridized carbons (Fsp3) is 0.294. The minimum Gasteiger partial charge on any atom is -0.507 e. The molecule has 2 heterocycles. The van der Waals surface area contributed by atoms with Crippen molar-refractivity contribution in [2.75, 3.05) is 9.80 Å². The van der Waals surface area contributed by atoms with Crippen molar-refractivity contribution in [3.63, 3.8) is 0 Å². The fourth-order valence-electron chi connectivity index (χ4n) is 8.10. The van der Waals surface area contributed by atoms with E-state index in [1.54, 1.807) is 62.4 Å². The monoisotopic (exact) mass is 591 g/mol. The van der Waals surface area contributed by atoms with Crippen molar-refractivity contribution in [3.8, 4) is 5.75 Å². The number of carbonyl (C=O) groups is 4. The van der Waals surface area contributed by atoms with Crippen LogP contribution in [0.2, 0.25) is 0 Å². The average molecular weight is 592 g/mol. The Morgan fingerprint density at radius 3 is 2.30 bits per heavy atom. The number of nitro benzene ring substituents is 1. The second-order valence-electron chi connectivity index (χ2n) is 12.3. The largest absolute Gasteiger partial charge is 0.507 e. The number of aromatic hydroxyl groups is 1. The van der Waals surface area contributed by atoms with E-state index in [0.29, 0.717) is 16.8 Å². The first-order valence-electron chi connectivity index (χ1n) is 14.6. The number of amides is 4. The Labute approximate surface area is 252 Å². The summed E-state index contributed by atoms with van der Waals surface area (Å²) in [4.78, 5) is 69.6. The van der Waals surface area contributed by atoms with E-state index in [1.165, 1.54) is 29.2 Å². The normalized spacial score (nSPS) is 29.3. The van der Waals surface area contributed by atoms with Gasteiger partial charge in [-0.25, -0.2) is 9.80 Å². The molecule has 2 aliphatic carbocycles. The van der Waals surface area contributed by atoms with E-state index < -0.39 is 51.7 Å². The highest BCUT2D eigenvalue weighted by Gasteiger charge is 2.68. The number of rotatable bonds is 4. The van der Waals surface area contributed by atoms with E-state index in [4.69, 9.17) is 0 Å². The first-order valence-corrected chi connectivity index (χ1v) is 14.6. The lowest BCUT2D eigenvalue weighted by atomic mass is 9.51. The first-order chi connectivity index (χ1) is 21.1. The van der Waals surface area contributed by atoms with E-state index in [9.17, 15) is 34.4 Å². The van der Waals surface area contributed by atoms with Crippen LogP contribution in [0.4, 0.5) is 17.1 Å². The summed E-state index contributed by atoms with van der Waals surface area (Å²) >= 11 is 0. The third-order valence-electron chi connectivity index (χ3n) is 10.2. The highest BCUT2D eigenvalue weighted by atomic mass is 16.6. The van der Waals surface area contributed by atoms with Crippen molar-refractivity contribution in [3.05, 3.63) is 106 Å². The predicted molar refractivity (Wildman–Crippen MR) is 159 cm³/mol.